The molecule has 1 N–H and O–H groups in total. The third kappa shape index (κ3) is 3.02. The number of nitrogens with one attached hydrogen (secondary N) is 1. The van der Waals surface area contributed by atoms with Crippen molar-refractivity contribution in [3.63, 3.8) is 0 Å². The number of hydrogen-bond donors (Lipinski definition) is 1. The highest BCUT2D eigenvalue weighted by Crippen LogP contribution is 2.49. The lowest BCUT2D eigenvalue weighted by Gasteiger charge is -2.36. The van der Waals surface area contributed by atoms with Crippen molar-refractivity contribution < 1.29 is 0 Å². The summed E-state index contributed by atoms with van der Waals surface area (Å²) < 4.78 is 0. The fourth-order valence-corrected chi connectivity index (χ4v) is 7.70. The van der Waals surface area contributed by atoms with E-state index in [9.17, 15) is 0 Å². The van der Waals surface area contributed by atoms with Gasteiger partial charge in [-0.3, -0.25) is 0 Å². The Hall–Kier alpha value is 1.09. The normalized spacial score (nSPS) is 42.7. The van der Waals surface area contributed by atoms with Crippen molar-refractivity contribution in [3.05, 3.63) is 0 Å². The van der Waals surface area contributed by atoms with Gasteiger partial charge in [0, 0.05) is 17.5 Å². The molecule has 4 heteroatoms. The average Bonchev–Trinajstić information content (AvgIpc) is 2.15. The molecule has 13 heavy (non-hydrogen) atoms. The predicted molar refractivity (Wildman–Crippen MR) is 66.9 cm³/mol. The van der Waals surface area contributed by atoms with Crippen LogP contribution in [-0.4, -0.2) is 24.6 Å². The van der Waals surface area contributed by atoms with E-state index in [0.29, 0.717) is 0 Å². The van der Waals surface area contributed by atoms with Crippen LogP contribution < -0.4 is 5.32 Å². The molecular weight excluding hydrogens is 217 g/mol. The monoisotopic (exact) mass is 235 g/mol. The Morgan fingerprint density at radius 2 is 1.69 bits per heavy atom. The number of rotatable bonds is 1. The topological polar surface area (TPSA) is 12.0 Å². The maximum Gasteiger partial charge on any atom is 0.00699 e. The van der Waals surface area contributed by atoms with Crippen LogP contribution >= 0.6 is 29.7 Å². The highest BCUT2D eigenvalue weighted by atomic mass is 33.1. The van der Waals surface area contributed by atoms with Gasteiger partial charge in [-0.1, -0.05) is 0 Å². The molecule has 1 saturated heterocycles. The smallest absolute Gasteiger partial charge is 0.00699 e. The van der Waals surface area contributed by atoms with Crippen molar-refractivity contribution in [1.82, 2.24) is 5.32 Å². The summed E-state index contributed by atoms with van der Waals surface area (Å²) >= 11 is 4.35. The minimum Gasteiger partial charge on any atom is -0.317 e. The minimum atomic E-state index is 0.811. The summed E-state index contributed by atoms with van der Waals surface area (Å²) in [5, 5.41) is 3.46. The van der Waals surface area contributed by atoms with Crippen molar-refractivity contribution in [2.24, 2.45) is 11.8 Å². The lowest BCUT2D eigenvalue weighted by Crippen LogP contribution is -2.37. The van der Waals surface area contributed by atoms with Crippen molar-refractivity contribution >= 4 is 29.7 Å². The van der Waals surface area contributed by atoms with Gasteiger partial charge in [0.2, 0.25) is 0 Å². The van der Waals surface area contributed by atoms with E-state index in [1.165, 1.54) is 30.8 Å². The Morgan fingerprint density at radius 1 is 1.08 bits per heavy atom. The zero-order valence-corrected chi connectivity index (χ0v) is 10.7. The van der Waals surface area contributed by atoms with Gasteiger partial charge in [-0.15, -0.1) is 22.8 Å². The summed E-state index contributed by atoms with van der Waals surface area (Å²) in [6, 6.07) is 0.811. The molecule has 1 aliphatic heterocycles. The maximum absolute atomic E-state index is 3.46. The quantitative estimate of drug-likeness (QED) is 0.702. The van der Waals surface area contributed by atoms with Crippen molar-refractivity contribution in [2.75, 3.05) is 18.6 Å². The zero-order chi connectivity index (χ0) is 9.10. The van der Waals surface area contributed by atoms with Crippen LogP contribution in [0.25, 0.3) is 0 Å². The van der Waals surface area contributed by atoms with E-state index in [4.69, 9.17) is 0 Å². The lowest BCUT2D eigenvalue weighted by molar-refractivity contribution is 0.254. The lowest BCUT2D eigenvalue weighted by atomic mass is 9.80. The molecule has 2 rings (SSSR count). The van der Waals surface area contributed by atoms with E-state index in [-0.39, 0.29) is 0 Å². The molecule has 0 amide bonds. The van der Waals surface area contributed by atoms with Crippen LogP contribution in [0.5, 0.6) is 0 Å². The Balaban J connectivity index is 1.93. The second kappa shape index (κ2) is 5.25. The molecule has 1 heterocycles. The van der Waals surface area contributed by atoms with E-state index < -0.39 is 0 Å². The Morgan fingerprint density at radius 3 is 2.23 bits per heavy atom. The molecular formula is C9H18NPS2. The Labute approximate surface area is 90.9 Å². The van der Waals surface area contributed by atoms with Crippen molar-refractivity contribution in [2.45, 2.75) is 25.3 Å². The van der Waals surface area contributed by atoms with E-state index in [1.807, 2.05) is 0 Å². The molecule has 1 aliphatic carbocycles. The van der Waals surface area contributed by atoms with Crippen LogP contribution in [0.3, 0.4) is 0 Å². The molecule has 2 aliphatic rings. The van der Waals surface area contributed by atoms with E-state index in [1.54, 1.807) is 0 Å². The summed E-state index contributed by atoms with van der Waals surface area (Å²) in [5.41, 5.74) is 0. The summed E-state index contributed by atoms with van der Waals surface area (Å²) in [4.78, 5) is 0. The molecule has 4 atom stereocenters. The van der Waals surface area contributed by atoms with Crippen molar-refractivity contribution in [1.29, 1.82) is 0 Å². The molecule has 1 nitrogen and oxygen atoms in total. The molecule has 0 aromatic heterocycles. The first kappa shape index (κ1) is 10.6. The second-order valence-corrected chi connectivity index (χ2v) is 9.27. The first-order valence-electron chi connectivity index (χ1n) is 5.04. The zero-order valence-electron chi connectivity index (χ0n) is 8.08. The average molecular weight is 235 g/mol. The fourth-order valence-electron chi connectivity index (χ4n) is 2.42. The summed E-state index contributed by atoms with van der Waals surface area (Å²) in [6.45, 7) is 1.10. The van der Waals surface area contributed by atoms with Gasteiger partial charge in [0.15, 0.2) is 0 Å². The molecule has 2 bridgehead atoms. The Kier molecular flexibility index (Phi) is 4.28. The van der Waals surface area contributed by atoms with Crippen LogP contribution in [0.2, 0.25) is 0 Å². The molecule has 0 aromatic rings. The SMILES string of the molecule is CNC1CC2CSPSC[C@H](C2)C1. The van der Waals surface area contributed by atoms with Crippen LogP contribution in [0.15, 0.2) is 0 Å². The van der Waals surface area contributed by atoms with Crippen molar-refractivity contribution in [3.8, 4) is 0 Å². The van der Waals surface area contributed by atoms with Gasteiger partial charge in [0.1, 0.15) is 0 Å². The van der Waals surface area contributed by atoms with Gasteiger partial charge in [0.25, 0.3) is 0 Å². The molecule has 76 valence electrons. The molecule has 1 saturated carbocycles. The van der Waals surface area contributed by atoms with Gasteiger partial charge in [-0.25, -0.2) is 0 Å². The summed E-state index contributed by atoms with van der Waals surface area (Å²) in [5.74, 6) is 4.85. The Bertz CT molecular complexity index is 150. The first-order valence-corrected chi connectivity index (χ1v) is 9.46. The third-order valence-electron chi connectivity index (χ3n) is 3.07. The fraction of sp³-hybridized carbons (Fsp3) is 1.00. The maximum atomic E-state index is 3.46. The first-order chi connectivity index (χ1) is 6.38. The standard InChI is InChI=1S/C9H18NPS2/c1-10-9-3-7-2-8(4-9)6-13-11-12-5-7/h7-11H,2-6H2,1H3/t7-,8?,9?/m1/s1. The van der Waals surface area contributed by atoms with Gasteiger partial charge >= 0.3 is 0 Å². The minimum absolute atomic E-state index is 0.811. The molecule has 0 radical (unpaired) electrons. The number of fused-ring (bicyclic) bond motifs is 2. The van der Waals surface area contributed by atoms with Gasteiger partial charge in [-0.2, -0.15) is 0 Å². The van der Waals surface area contributed by atoms with E-state index >= 15 is 0 Å². The molecule has 0 aromatic carbocycles. The van der Waals surface area contributed by atoms with Gasteiger partial charge in [0.05, 0.1) is 0 Å². The number of hydrogen-bond acceptors (Lipinski definition) is 3. The predicted octanol–water partition coefficient (Wildman–Crippen LogP) is 2.98. The second-order valence-electron chi connectivity index (χ2n) is 4.13. The van der Waals surface area contributed by atoms with Crippen LogP contribution in [0.1, 0.15) is 19.3 Å². The van der Waals surface area contributed by atoms with E-state index in [0.717, 1.165) is 24.9 Å². The third-order valence-corrected chi connectivity index (χ3v) is 8.41. The van der Waals surface area contributed by atoms with Crippen LogP contribution in [-0.2, 0) is 0 Å². The highest BCUT2D eigenvalue weighted by molar-refractivity contribution is 8.82. The molecule has 2 fully saturated rings. The largest absolute Gasteiger partial charge is 0.317 e. The highest BCUT2D eigenvalue weighted by Gasteiger charge is 2.29. The summed E-state index contributed by atoms with van der Waals surface area (Å²) in [7, 11) is 2.12. The summed E-state index contributed by atoms with van der Waals surface area (Å²) in [6.07, 6.45) is 4.35. The molecule has 3 unspecified atom stereocenters. The van der Waals surface area contributed by atoms with Crippen LogP contribution in [0.4, 0.5) is 0 Å². The van der Waals surface area contributed by atoms with Gasteiger partial charge in [-0.05, 0) is 45.1 Å². The van der Waals surface area contributed by atoms with Crippen LogP contribution in [0, 0.1) is 11.8 Å². The van der Waals surface area contributed by atoms with Gasteiger partial charge < -0.3 is 5.32 Å². The molecule has 0 spiro atoms. The van der Waals surface area contributed by atoms with E-state index in [2.05, 4.69) is 35.1 Å².